The fraction of sp³-hybridized carbons (Fsp3) is 0.556. The van der Waals surface area contributed by atoms with Gasteiger partial charge in [0.1, 0.15) is 0 Å². The van der Waals surface area contributed by atoms with Crippen LogP contribution in [-0.2, 0) is 17.9 Å². The highest BCUT2D eigenvalue weighted by Crippen LogP contribution is 2.29. The van der Waals surface area contributed by atoms with Gasteiger partial charge in [-0.1, -0.05) is 30.3 Å². The van der Waals surface area contributed by atoms with Crippen LogP contribution < -0.4 is 5.32 Å². The molecule has 2 aliphatic rings. The topological polar surface area (TPSA) is 75.9 Å². The zero-order chi connectivity index (χ0) is 17.1. The summed E-state index contributed by atoms with van der Waals surface area (Å²) in [6.07, 6.45) is 4.13. The van der Waals surface area contributed by atoms with Crippen molar-refractivity contribution in [3.63, 3.8) is 0 Å². The normalized spacial score (nSPS) is 19.0. The van der Waals surface area contributed by atoms with Crippen molar-refractivity contribution in [3.8, 4) is 0 Å². The number of piperidine rings is 1. The summed E-state index contributed by atoms with van der Waals surface area (Å²) >= 11 is 0. The van der Waals surface area contributed by atoms with Crippen molar-refractivity contribution in [2.45, 2.75) is 44.8 Å². The third-order valence-electron chi connectivity index (χ3n) is 5.03. The van der Waals surface area contributed by atoms with Gasteiger partial charge in [0.15, 0.2) is 5.82 Å². The molecule has 1 aliphatic heterocycles. The zero-order valence-electron chi connectivity index (χ0n) is 14.3. The molecule has 0 bridgehead atoms. The Kier molecular flexibility index (Phi) is 4.74. The van der Waals surface area contributed by atoms with Gasteiger partial charge < -0.3 is 5.32 Å². The second kappa shape index (κ2) is 7.31. The predicted molar refractivity (Wildman–Crippen MR) is 92.5 cm³/mol. The zero-order valence-corrected chi connectivity index (χ0v) is 14.3. The van der Waals surface area contributed by atoms with Crippen LogP contribution >= 0.6 is 0 Å². The van der Waals surface area contributed by atoms with Gasteiger partial charge in [-0.25, -0.2) is 4.68 Å². The first-order valence-electron chi connectivity index (χ1n) is 9.09. The SMILES string of the molecule is O=C(NC1CCN(Cc2nnnn2Cc2ccccc2)CC1)C1CC1. The number of hydrogen-bond donors (Lipinski definition) is 1. The molecular weight excluding hydrogens is 316 g/mol. The van der Waals surface area contributed by atoms with Crippen molar-refractivity contribution >= 4 is 5.91 Å². The first-order valence-corrected chi connectivity index (χ1v) is 9.09. The molecule has 1 saturated carbocycles. The molecule has 0 spiro atoms. The quantitative estimate of drug-likeness (QED) is 0.855. The second-order valence-electron chi connectivity index (χ2n) is 7.07. The molecule has 0 unspecified atom stereocenters. The van der Waals surface area contributed by atoms with Crippen LogP contribution in [0, 0.1) is 5.92 Å². The number of tetrazole rings is 1. The van der Waals surface area contributed by atoms with Gasteiger partial charge in [-0.15, -0.1) is 5.10 Å². The lowest BCUT2D eigenvalue weighted by Gasteiger charge is -2.31. The number of nitrogens with zero attached hydrogens (tertiary/aromatic N) is 5. The molecule has 1 aromatic heterocycles. The van der Waals surface area contributed by atoms with Crippen LogP contribution in [0.4, 0.5) is 0 Å². The highest BCUT2D eigenvalue weighted by atomic mass is 16.2. The van der Waals surface area contributed by atoms with Gasteiger partial charge in [-0.05, 0) is 41.7 Å². The van der Waals surface area contributed by atoms with Crippen molar-refractivity contribution < 1.29 is 4.79 Å². The molecular formula is C18H24N6O. The fourth-order valence-electron chi connectivity index (χ4n) is 3.32. The third kappa shape index (κ3) is 4.22. The number of carbonyl (C=O) groups is 1. The molecule has 1 aliphatic carbocycles. The molecule has 25 heavy (non-hydrogen) atoms. The molecule has 7 heteroatoms. The number of aromatic nitrogens is 4. The molecule has 132 valence electrons. The Hall–Kier alpha value is -2.28. The average molecular weight is 340 g/mol. The molecule has 1 amide bonds. The summed E-state index contributed by atoms with van der Waals surface area (Å²) in [5.74, 6) is 1.44. The van der Waals surface area contributed by atoms with Crippen molar-refractivity contribution in [2.75, 3.05) is 13.1 Å². The van der Waals surface area contributed by atoms with Crippen LogP contribution in [0.3, 0.4) is 0 Å². The lowest BCUT2D eigenvalue weighted by atomic mass is 10.0. The molecule has 2 fully saturated rings. The maximum atomic E-state index is 11.9. The summed E-state index contributed by atoms with van der Waals surface area (Å²) in [5, 5.41) is 15.4. The van der Waals surface area contributed by atoms with E-state index in [1.807, 2.05) is 22.9 Å². The Morgan fingerprint density at radius 3 is 2.56 bits per heavy atom. The largest absolute Gasteiger partial charge is 0.353 e. The summed E-state index contributed by atoms with van der Waals surface area (Å²) < 4.78 is 1.87. The number of hydrogen-bond acceptors (Lipinski definition) is 5. The molecule has 2 aromatic rings. The molecule has 1 aromatic carbocycles. The first kappa shape index (κ1) is 16.2. The van der Waals surface area contributed by atoms with Crippen molar-refractivity contribution in [1.29, 1.82) is 0 Å². The molecule has 1 N–H and O–H groups in total. The van der Waals surface area contributed by atoms with Crippen molar-refractivity contribution in [2.24, 2.45) is 5.92 Å². The second-order valence-corrected chi connectivity index (χ2v) is 7.07. The van der Waals surface area contributed by atoms with Crippen LogP contribution in [0.2, 0.25) is 0 Å². The molecule has 0 atom stereocenters. The highest BCUT2D eigenvalue weighted by molar-refractivity contribution is 5.81. The summed E-state index contributed by atoms with van der Waals surface area (Å²) in [7, 11) is 0. The number of rotatable bonds is 6. The number of carbonyl (C=O) groups excluding carboxylic acids is 1. The Morgan fingerprint density at radius 2 is 1.84 bits per heavy atom. The number of amides is 1. The van der Waals surface area contributed by atoms with Crippen LogP contribution in [0.1, 0.15) is 37.1 Å². The van der Waals surface area contributed by atoms with E-state index >= 15 is 0 Å². The van der Waals surface area contributed by atoms with E-state index in [1.54, 1.807) is 0 Å². The van der Waals surface area contributed by atoms with E-state index in [2.05, 4.69) is 37.9 Å². The molecule has 4 rings (SSSR count). The molecule has 1 saturated heterocycles. The van der Waals surface area contributed by atoms with Gasteiger partial charge in [-0.3, -0.25) is 9.69 Å². The van der Waals surface area contributed by atoms with E-state index in [0.717, 1.165) is 51.1 Å². The minimum Gasteiger partial charge on any atom is -0.353 e. The maximum absolute atomic E-state index is 11.9. The molecule has 0 radical (unpaired) electrons. The van der Waals surface area contributed by atoms with Gasteiger partial charge in [0, 0.05) is 25.0 Å². The molecule has 2 heterocycles. The Labute approximate surface area is 147 Å². The summed E-state index contributed by atoms with van der Waals surface area (Å²) in [6.45, 7) is 3.38. The van der Waals surface area contributed by atoms with Gasteiger partial charge in [0.2, 0.25) is 5.91 Å². The lowest BCUT2D eigenvalue weighted by Crippen LogP contribution is -2.45. The molecule has 7 nitrogen and oxygen atoms in total. The average Bonchev–Trinajstić information content (AvgIpc) is 3.41. The summed E-state index contributed by atoms with van der Waals surface area (Å²) in [6, 6.07) is 10.6. The number of benzene rings is 1. The van der Waals surface area contributed by atoms with Gasteiger partial charge in [-0.2, -0.15) is 0 Å². The van der Waals surface area contributed by atoms with E-state index < -0.39 is 0 Å². The minimum atomic E-state index is 0.255. The Bertz CT molecular complexity index is 703. The Balaban J connectivity index is 1.29. The number of nitrogens with one attached hydrogen (secondary N) is 1. The monoisotopic (exact) mass is 340 g/mol. The third-order valence-corrected chi connectivity index (χ3v) is 5.03. The number of likely N-dealkylation sites (tertiary alicyclic amines) is 1. The minimum absolute atomic E-state index is 0.255. The predicted octanol–water partition coefficient (Wildman–Crippen LogP) is 1.21. The smallest absolute Gasteiger partial charge is 0.223 e. The maximum Gasteiger partial charge on any atom is 0.223 e. The van der Waals surface area contributed by atoms with E-state index in [9.17, 15) is 4.79 Å². The van der Waals surface area contributed by atoms with Gasteiger partial charge in [0.25, 0.3) is 0 Å². The van der Waals surface area contributed by atoms with E-state index in [1.165, 1.54) is 5.56 Å². The lowest BCUT2D eigenvalue weighted by molar-refractivity contribution is -0.123. The van der Waals surface area contributed by atoms with E-state index in [-0.39, 0.29) is 5.91 Å². The van der Waals surface area contributed by atoms with Crippen molar-refractivity contribution in [1.82, 2.24) is 30.4 Å². The summed E-state index contributed by atoms with van der Waals surface area (Å²) in [5.41, 5.74) is 1.19. The highest BCUT2D eigenvalue weighted by Gasteiger charge is 2.31. The Morgan fingerprint density at radius 1 is 1.08 bits per heavy atom. The standard InChI is InChI=1S/C18H24N6O/c25-18(15-6-7-15)19-16-8-10-23(11-9-16)13-17-20-21-22-24(17)12-14-4-2-1-3-5-14/h1-5,15-16H,6-13H2,(H,19,25). The van der Waals surface area contributed by atoms with E-state index in [0.29, 0.717) is 18.5 Å². The van der Waals surface area contributed by atoms with Crippen LogP contribution in [0.5, 0.6) is 0 Å². The van der Waals surface area contributed by atoms with E-state index in [4.69, 9.17) is 0 Å². The summed E-state index contributed by atoms with van der Waals surface area (Å²) in [4.78, 5) is 14.2. The van der Waals surface area contributed by atoms with Crippen molar-refractivity contribution in [3.05, 3.63) is 41.7 Å². The van der Waals surface area contributed by atoms with Gasteiger partial charge >= 0.3 is 0 Å². The van der Waals surface area contributed by atoms with Gasteiger partial charge in [0.05, 0.1) is 13.1 Å². The first-order chi connectivity index (χ1) is 12.3. The van der Waals surface area contributed by atoms with Crippen LogP contribution in [-0.4, -0.2) is 50.1 Å². The fourth-order valence-corrected chi connectivity index (χ4v) is 3.32. The van der Waals surface area contributed by atoms with Crippen LogP contribution in [0.25, 0.3) is 0 Å². The van der Waals surface area contributed by atoms with Crippen LogP contribution in [0.15, 0.2) is 30.3 Å².